The molecule has 20 heavy (non-hydrogen) atoms. The van der Waals surface area contributed by atoms with Crippen LogP contribution in [0.2, 0.25) is 10.0 Å². The van der Waals surface area contributed by atoms with Crippen LogP contribution in [0.15, 0.2) is 23.8 Å². The fraction of sp³-hybridized carbons (Fsp3) is 0.529. The Bertz CT molecular complexity index is 442. The summed E-state index contributed by atoms with van der Waals surface area (Å²) in [4.78, 5) is 0. The molecule has 110 valence electrons. The molecule has 0 saturated heterocycles. The van der Waals surface area contributed by atoms with E-state index in [0.717, 1.165) is 18.7 Å². The van der Waals surface area contributed by atoms with Gasteiger partial charge in [0.25, 0.3) is 0 Å². The molecule has 2 rings (SSSR count). The van der Waals surface area contributed by atoms with Crippen LogP contribution in [0.1, 0.15) is 44.6 Å². The second-order valence-corrected chi connectivity index (χ2v) is 6.41. The molecule has 1 saturated carbocycles. The van der Waals surface area contributed by atoms with Crippen molar-refractivity contribution in [2.75, 3.05) is 13.1 Å². The van der Waals surface area contributed by atoms with Gasteiger partial charge in [0.05, 0.1) is 0 Å². The number of rotatable bonds is 5. The van der Waals surface area contributed by atoms with E-state index in [0.29, 0.717) is 16.0 Å². The summed E-state index contributed by atoms with van der Waals surface area (Å²) >= 11 is 12.2. The Morgan fingerprint density at radius 2 is 1.80 bits per heavy atom. The van der Waals surface area contributed by atoms with Crippen LogP contribution >= 0.6 is 23.2 Å². The summed E-state index contributed by atoms with van der Waals surface area (Å²) in [5, 5.41) is 4.87. The molecule has 0 unspecified atom stereocenters. The maximum atomic E-state index is 6.09. The number of likely N-dealkylation sites (N-methyl/N-ethyl adjacent to an activating group) is 1. The van der Waals surface area contributed by atoms with Crippen molar-refractivity contribution in [1.82, 2.24) is 5.32 Å². The minimum absolute atomic E-state index is 0.704. The second kappa shape index (κ2) is 8.07. The van der Waals surface area contributed by atoms with Gasteiger partial charge in [0, 0.05) is 16.6 Å². The number of halogens is 2. The standard InChI is InChI=1S/C17H23Cl2N/c1-2-20-12-15(14-6-4-3-5-7-14)8-13-9-16(18)11-17(19)10-13/h8-11,14,20H,2-7,12H2,1H3/b15-8-. The van der Waals surface area contributed by atoms with E-state index in [1.807, 2.05) is 12.1 Å². The zero-order valence-corrected chi connectivity index (χ0v) is 13.6. The average molecular weight is 312 g/mol. The number of hydrogen-bond donors (Lipinski definition) is 1. The Balaban J connectivity index is 2.21. The predicted molar refractivity (Wildman–Crippen MR) is 89.6 cm³/mol. The van der Waals surface area contributed by atoms with E-state index in [4.69, 9.17) is 23.2 Å². The SMILES string of the molecule is CCNC/C(=C/c1cc(Cl)cc(Cl)c1)C1CCCCC1. The highest BCUT2D eigenvalue weighted by atomic mass is 35.5. The molecule has 1 nitrogen and oxygen atoms in total. The Morgan fingerprint density at radius 1 is 1.15 bits per heavy atom. The van der Waals surface area contributed by atoms with Gasteiger partial charge >= 0.3 is 0 Å². The molecule has 1 aliphatic rings. The number of hydrogen-bond acceptors (Lipinski definition) is 1. The summed E-state index contributed by atoms with van der Waals surface area (Å²) in [6, 6.07) is 5.76. The maximum absolute atomic E-state index is 6.09. The highest BCUT2D eigenvalue weighted by Gasteiger charge is 2.17. The van der Waals surface area contributed by atoms with Crippen molar-refractivity contribution in [3.63, 3.8) is 0 Å². The van der Waals surface area contributed by atoms with Crippen LogP contribution in [0.5, 0.6) is 0 Å². The number of benzene rings is 1. The molecule has 3 heteroatoms. The van der Waals surface area contributed by atoms with Crippen molar-refractivity contribution in [2.24, 2.45) is 5.92 Å². The first kappa shape index (κ1) is 15.9. The highest BCUT2D eigenvalue weighted by molar-refractivity contribution is 6.34. The van der Waals surface area contributed by atoms with Gasteiger partial charge in [-0.15, -0.1) is 0 Å². The second-order valence-electron chi connectivity index (χ2n) is 5.54. The van der Waals surface area contributed by atoms with E-state index in [2.05, 4.69) is 18.3 Å². The molecular weight excluding hydrogens is 289 g/mol. The van der Waals surface area contributed by atoms with Gasteiger partial charge in [0.1, 0.15) is 0 Å². The van der Waals surface area contributed by atoms with Gasteiger partial charge in [-0.2, -0.15) is 0 Å². The van der Waals surface area contributed by atoms with Gasteiger partial charge in [-0.05, 0) is 49.1 Å². The molecule has 0 atom stereocenters. The lowest BCUT2D eigenvalue weighted by molar-refractivity contribution is 0.397. The lowest BCUT2D eigenvalue weighted by Crippen LogP contribution is -2.22. The predicted octanol–water partition coefficient (Wildman–Crippen LogP) is 5.57. The Morgan fingerprint density at radius 3 is 2.40 bits per heavy atom. The van der Waals surface area contributed by atoms with Crippen LogP contribution in [0.4, 0.5) is 0 Å². The third-order valence-corrected chi connectivity index (χ3v) is 4.38. The summed E-state index contributed by atoms with van der Waals surface area (Å²) in [5.41, 5.74) is 2.60. The van der Waals surface area contributed by atoms with E-state index in [1.54, 1.807) is 6.07 Å². The molecule has 1 aliphatic carbocycles. The topological polar surface area (TPSA) is 12.0 Å². The van der Waals surface area contributed by atoms with E-state index >= 15 is 0 Å². The highest BCUT2D eigenvalue weighted by Crippen LogP contribution is 2.31. The van der Waals surface area contributed by atoms with Gasteiger partial charge in [0.15, 0.2) is 0 Å². The van der Waals surface area contributed by atoms with Crippen LogP contribution in [-0.4, -0.2) is 13.1 Å². The largest absolute Gasteiger partial charge is 0.313 e. The van der Waals surface area contributed by atoms with Crippen LogP contribution < -0.4 is 5.32 Å². The zero-order chi connectivity index (χ0) is 14.4. The summed E-state index contributed by atoms with van der Waals surface area (Å²) < 4.78 is 0. The molecule has 0 bridgehead atoms. The minimum atomic E-state index is 0.704. The molecule has 0 heterocycles. The van der Waals surface area contributed by atoms with Gasteiger partial charge in [-0.3, -0.25) is 0 Å². The van der Waals surface area contributed by atoms with Crippen molar-refractivity contribution in [2.45, 2.75) is 39.0 Å². The Labute approximate surface area is 132 Å². The fourth-order valence-corrected chi connectivity index (χ4v) is 3.47. The first-order chi connectivity index (χ1) is 9.69. The summed E-state index contributed by atoms with van der Waals surface area (Å²) in [7, 11) is 0. The summed E-state index contributed by atoms with van der Waals surface area (Å²) in [5.74, 6) is 0.709. The van der Waals surface area contributed by atoms with Gasteiger partial charge in [-0.1, -0.05) is 61.0 Å². The molecular formula is C17H23Cl2N. The molecule has 0 aromatic heterocycles. The minimum Gasteiger partial charge on any atom is -0.313 e. The van der Waals surface area contributed by atoms with Crippen LogP contribution in [0.25, 0.3) is 6.08 Å². The smallest absolute Gasteiger partial charge is 0.0426 e. The molecule has 1 aromatic rings. The molecule has 0 amide bonds. The summed E-state index contributed by atoms with van der Waals surface area (Å²) in [6.45, 7) is 4.11. The van der Waals surface area contributed by atoms with Gasteiger partial charge in [-0.25, -0.2) is 0 Å². The molecule has 1 N–H and O–H groups in total. The van der Waals surface area contributed by atoms with Crippen molar-refractivity contribution in [3.8, 4) is 0 Å². The molecule has 1 aromatic carbocycles. The molecule has 1 fully saturated rings. The number of nitrogens with one attached hydrogen (secondary N) is 1. The monoisotopic (exact) mass is 311 g/mol. The van der Waals surface area contributed by atoms with Crippen molar-refractivity contribution in [1.29, 1.82) is 0 Å². The first-order valence-corrected chi connectivity index (χ1v) is 8.32. The first-order valence-electron chi connectivity index (χ1n) is 7.56. The van der Waals surface area contributed by atoms with E-state index < -0.39 is 0 Å². The van der Waals surface area contributed by atoms with Crippen molar-refractivity contribution < 1.29 is 0 Å². The third-order valence-electron chi connectivity index (χ3n) is 3.95. The summed E-state index contributed by atoms with van der Waals surface area (Å²) in [6.07, 6.45) is 8.98. The van der Waals surface area contributed by atoms with E-state index in [1.165, 1.54) is 37.7 Å². The van der Waals surface area contributed by atoms with Crippen molar-refractivity contribution in [3.05, 3.63) is 39.4 Å². The van der Waals surface area contributed by atoms with Crippen LogP contribution in [0, 0.1) is 5.92 Å². The van der Waals surface area contributed by atoms with E-state index in [9.17, 15) is 0 Å². The van der Waals surface area contributed by atoms with Crippen LogP contribution in [-0.2, 0) is 0 Å². The van der Waals surface area contributed by atoms with E-state index in [-0.39, 0.29) is 0 Å². The van der Waals surface area contributed by atoms with Gasteiger partial charge < -0.3 is 5.32 Å². The normalized spacial score (nSPS) is 17.4. The van der Waals surface area contributed by atoms with Crippen molar-refractivity contribution >= 4 is 29.3 Å². The quantitative estimate of drug-likeness (QED) is 0.750. The Kier molecular flexibility index (Phi) is 6.41. The molecule has 0 radical (unpaired) electrons. The van der Waals surface area contributed by atoms with Crippen LogP contribution in [0.3, 0.4) is 0 Å². The lowest BCUT2D eigenvalue weighted by Gasteiger charge is -2.25. The maximum Gasteiger partial charge on any atom is 0.0426 e. The fourth-order valence-electron chi connectivity index (χ4n) is 2.93. The Hall–Kier alpha value is -0.500. The third kappa shape index (κ3) is 4.80. The molecule has 0 spiro atoms. The molecule has 0 aliphatic heterocycles. The lowest BCUT2D eigenvalue weighted by atomic mass is 9.83. The zero-order valence-electron chi connectivity index (χ0n) is 12.1. The van der Waals surface area contributed by atoms with Gasteiger partial charge in [0.2, 0.25) is 0 Å². The average Bonchev–Trinajstić information content (AvgIpc) is 2.43.